The van der Waals surface area contributed by atoms with E-state index in [2.05, 4.69) is 5.73 Å². The number of fused-ring (bicyclic) bond motifs is 1. The van der Waals surface area contributed by atoms with Crippen molar-refractivity contribution in [3.05, 3.63) is 29.8 Å². The molecule has 136 valence electrons. The Bertz CT molecular complexity index is 659. The van der Waals surface area contributed by atoms with Crippen molar-refractivity contribution in [3.8, 4) is 0 Å². The lowest BCUT2D eigenvalue weighted by Gasteiger charge is -2.21. The molecule has 1 aromatic rings. The van der Waals surface area contributed by atoms with Crippen LogP contribution in [0, 0.1) is 6.92 Å². The topological polar surface area (TPSA) is 133 Å². The lowest BCUT2D eigenvalue weighted by Crippen LogP contribution is -2.66. The summed E-state index contributed by atoms with van der Waals surface area (Å²) in [7, 11) is -4.27. The molecular formula is C15H23NO7S. The molecule has 4 atom stereocenters. The molecule has 0 aliphatic carbocycles. The van der Waals surface area contributed by atoms with Crippen LogP contribution in [0.2, 0.25) is 0 Å². The number of hydrogen-bond donors (Lipinski definition) is 2. The minimum absolute atomic E-state index is 0.0490. The first-order valence-electron chi connectivity index (χ1n) is 7.51. The summed E-state index contributed by atoms with van der Waals surface area (Å²) in [5, 5.41) is 9.01. The molecule has 0 aromatic heterocycles. The Balaban J connectivity index is 0.000000177. The number of aliphatic hydroxyl groups is 1. The van der Waals surface area contributed by atoms with Crippen molar-refractivity contribution in [1.82, 2.24) is 0 Å². The van der Waals surface area contributed by atoms with Gasteiger partial charge in [-0.3, -0.25) is 0 Å². The van der Waals surface area contributed by atoms with Gasteiger partial charge >= 0.3 is 0 Å². The molecule has 4 N–H and O–H groups in total. The fraction of sp³-hybridized carbons (Fsp3) is 0.600. The summed E-state index contributed by atoms with van der Waals surface area (Å²) in [5.74, 6) is -0.581. The average molecular weight is 361 g/mol. The van der Waals surface area contributed by atoms with Crippen molar-refractivity contribution in [2.75, 3.05) is 6.61 Å². The monoisotopic (exact) mass is 361 g/mol. The Kier molecular flexibility index (Phi) is 5.65. The highest BCUT2D eigenvalue weighted by atomic mass is 32.2. The Morgan fingerprint density at radius 1 is 1.21 bits per heavy atom. The number of ether oxygens (including phenoxy) is 3. The summed E-state index contributed by atoms with van der Waals surface area (Å²) >= 11 is 0. The van der Waals surface area contributed by atoms with Crippen molar-refractivity contribution in [2.24, 2.45) is 0 Å². The fourth-order valence-corrected chi connectivity index (χ4v) is 3.09. The first-order chi connectivity index (χ1) is 11.0. The number of quaternary nitrogens is 1. The zero-order chi connectivity index (χ0) is 18.1. The molecule has 2 fully saturated rings. The van der Waals surface area contributed by atoms with Crippen LogP contribution in [0.5, 0.6) is 0 Å². The lowest BCUT2D eigenvalue weighted by atomic mass is 10.1. The summed E-state index contributed by atoms with van der Waals surface area (Å²) in [5.41, 5.74) is 4.73. The van der Waals surface area contributed by atoms with Crippen molar-refractivity contribution in [3.63, 3.8) is 0 Å². The molecule has 24 heavy (non-hydrogen) atoms. The van der Waals surface area contributed by atoms with Crippen LogP contribution >= 0.6 is 0 Å². The van der Waals surface area contributed by atoms with E-state index >= 15 is 0 Å². The van der Waals surface area contributed by atoms with Crippen LogP contribution in [0.1, 0.15) is 19.4 Å². The molecule has 2 heterocycles. The summed E-state index contributed by atoms with van der Waals surface area (Å²) in [4.78, 5) is -0.178. The van der Waals surface area contributed by atoms with Crippen molar-refractivity contribution in [1.29, 1.82) is 0 Å². The van der Waals surface area contributed by atoms with Crippen LogP contribution in [-0.4, -0.2) is 55.0 Å². The average Bonchev–Trinajstić information content (AvgIpc) is 2.93. The largest absolute Gasteiger partial charge is 0.744 e. The second-order valence-electron chi connectivity index (χ2n) is 6.23. The Morgan fingerprint density at radius 2 is 1.75 bits per heavy atom. The highest BCUT2D eigenvalue weighted by Gasteiger charge is 2.55. The third-order valence-electron chi connectivity index (χ3n) is 3.74. The molecule has 2 aliphatic heterocycles. The second kappa shape index (κ2) is 7.04. The van der Waals surface area contributed by atoms with E-state index in [0.29, 0.717) is 0 Å². The predicted octanol–water partition coefficient (Wildman–Crippen LogP) is -0.635. The minimum atomic E-state index is -4.27. The van der Waals surface area contributed by atoms with Crippen LogP contribution in [0.15, 0.2) is 29.2 Å². The van der Waals surface area contributed by atoms with Gasteiger partial charge in [-0.25, -0.2) is 8.42 Å². The summed E-state index contributed by atoms with van der Waals surface area (Å²) in [6.07, 6.45) is -0.868. The zero-order valence-corrected chi connectivity index (χ0v) is 14.7. The van der Waals surface area contributed by atoms with Crippen LogP contribution in [0.25, 0.3) is 0 Å². The maximum atomic E-state index is 10.4. The standard InChI is InChI=1S/C8H15NO4.C7H8O3S/c1-8(2)12-5-4(3-10)11-7(9)6(5)13-8;1-6-2-4-7(5-3-6)11(8,9)10/h4-7,10H,3,9H2,1-2H3;2-5H,1H3,(H,8,9,10)/t4-,5-,6-,7?;/m1./s1. The van der Waals surface area contributed by atoms with E-state index in [1.54, 1.807) is 12.1 Å². The van der Waals surface area contributed by atoms with Gasteiger partial charge in [0, 0.05) is 0 Å². The third-order valence-corrected chi connectivity index (χ3v) is 4.59. The van der Waals surface area contributed by atoms with Crippen LogP contribution in [0.4, 0.5) is 0 Å². The molecule has 9 heteroatoms. The predicted molar refractivity (Wildman–Crippen MR) is 81.6 cm³/mol. The van der Waals surface area contributed by atoms with Gasteiger partial charge in [-0.1, -0.05) is 17.7 Å². The van der Waals surface area contributed by atoms with Crippen LogP contribution in [-0.2, 0) is 24.3 Å². The van der Waals surface area contributed by atoms with Gasteiger partial charge < -0.3 is 29.6 Å². The fourth-order valence-electron chi connectivity index (χ4n) is 2.62. The first-order valence-corrected chi connectivity index (χ1v) is 8.92. The van der Waals surface area contributed by atoms with E-state index in [9.17, 15) is 13.0 Å². The lowest BCUT2D eigenvalue weighted by molar-refractivity contribution is -0.502. The Hall–Kier alpha value is -1.07. The molecule has 3 rings (SSSR count). The van der Waals surface area contributed by atoms with E-state index in [1.807, 2.05) is 20.8 Å². The van der Waals surface area contributed by atoms with Gasteiger partial charge in [0.1, 0.15) is 22.3 Å². The molecular weight excluding hydrogens is 338 g/mol. The Morgan fingerprint density at radius 3 is 2.25 bits per heavy atom. The number of benzene rings is 1. The molecule has 0 radical (unpaired) electrons. The molecule has 8 nitrogen and oxygen atoms in total. The number of hydrogen-bond acceptors (Lipinski definition) is 7. The van der Waals surface area contributed by atoms with E-state index in [1.165, 1.54) is 12.1 Å². The number of aryl methyl sites for hydroxylation is 1. The molecule has 0 spiro atoms. The van der Waals surface area contributed by atoms with Gasteiger partial charge in [-0.2, -0.15) is 0 Å². The van der Waals surface area contributed by atoms with Gasteiger partial charge in [0.2, 0.25) is 6.23 Å². The van der Waals surface area contributed by atoms with Crippen LogP contribution in [0.3, 0.4) is 0 Å². The maximum absolute atomic E-state index is 10.4. The summed E-state index contributed by atoms with van der Waals surface area (Å²) in [6, 6.07) is 5.78. The third kappa shape index (κ3) is 4.51. The first kappa shape index (κ1) is 19.3. The molecule has 1 aromatic carbocycles. The number of aliphatic hydroxyl groups excluding tert-OH is 1. The SMILES string of the molecule is CC1(C)O[C@@H]2[C@@H](CO)OC([NH3+])[C@@H]2O1.Cc1ccc(S(=O)(=O)[O-])cc1. The van der Waals surface area contributed by atoms with Crippen molar-refractivity contribution >= 4 is 10.1 Å². The van der Waals surface area contributed by atoms with Gasteiger partial charge in [0.05, 0.1) is 11.5 Å². The van der Waals surface area contributed by atoms with Crippen LogP contribution < -0.4 is 5.73 Å². The summed E-state index contributed by atoms with van der Waals surface area (Å²) in [6.45, 7) is 5.48. The van der Waals surface area contributed by atoms with Crippen molar-refractivity contribution < 1.29 is 38.0 Å². The number of rotatable bonds is 2. The van der Waals surface area contributed by atoms with Gasteiger partial charge in [0.25, 0.3) is 0 Å². The molecule has 0 amide bonds. The van der Waals surface area contributed by atoms with Crippen molar-refractivity contribution in [2.45, 2.75) is 56.0 Å². The highest BCUT2D eigenvalue weighted by molar-refractivity contribution is 7.85. The van der Waals surface area contributed by atoms with Gasteiger partial charge in [-0.05, 0) is 32.9 Å². The minimum Gasteiger partial charge on any atom is -0.744 e. The van der Waals surface area contributed by atoms with Gasteiger partial charge in [0.15, 0.2) is 11.9 Å². The van der Waals surface area contributed by atoms with E-state index < -0.39 is 15.9 Å². The quantitative estimate of drug-likeness (QED) is 0.670. The molecule has 1 unspecified atom stereocenters. The smallest absolute Gasteiger partial charge is 0.218 e. The zero-order valence-electron chi connectivity index (χ0n) is 13.8. The maximum Gasteiger partial charge on any atom is 0.218 e. The molecule has 0 saturated carbocycles. The normalized spacial score (nSPS) is 31.2. The molecule has 2 aliphatic rings. The van der Waals surface area contributed by atoms with E-state index in [0.717, 1.165) is 5.56 Å². The summed E-state index contributed by atoms with van der Waals surface area (Å²) < 4.78 is 47.7. The molecule has 0 bridgehead atoms. The molecule has 2 saturated heterocycles. The second-order valence-corrected chi connectivity index (χ2v) is 7.61. The highest BCUT2D eigenvalue weighted by Crippen LogP contribution is 2.36. The Labute approximate surface area is 141 Å². The van der Waals surface area contributed by atoms with E-state index in [-0.39, 0.29) is 36.0 Å². The van der Waals surface area contributed by atoms with E-state index in [4.69, 9.17) is 19.3 Å². The van der Waals surface area contributed by atoms with Gasteiger partial charge in [-0.15, -0.1) is 0 Å².